The molecule has 0 amide bonds. The van der Waals surface area contributed by atoms with Crippen molar-refractivity contribution in [2.75, 3.05) is 24.5 Å². The van der Waals surface area contributed by atoms with E-state index in [0.717, 1.165) is 11.8 Å². The zero-order chi connectivity index (χ0) is 15.4. The van der Waals surface area contributed by atoms with Gasteiger partial charge in [-0.3, -0.25) is 0 Å². The molecule has 2 heteroatoms. The molecular formula is C20H32N2. The largest absolute Gasteiger partial charge is 0.370 e. The summed E-state index contributed by atoms with van der Waals surface area (Å²) >= 11 is 0. The lowest BCUT2D eigenvalue weighted by Crippen LogP contribution is -2.49. The highest BCUT2D eigenvalue weighted by Gasteiger charge is 2.25. The standard InChI is InChI=1S/C20H32N2/c1-16-8-10-20(11-9-16)22-14-17(2)12-19(15-22)21-13-18-6-4-3-5-7-18/h8-11,17-19,21H,3-7,12-15H2,1-2H3. The fraction of sp³-hybridized carbons (Fsp3) is 0.700. The van der Waals surface area contributed by atoms with E-state index in [4.69, 9.17) is 0 Å². The quantitative estimate of drug-likeness (QED) is 0.887. The van der Waals surface area contributed by atoms with Crippen molar-refractivity contribution in [2.24, 2.45) is 11.8 Å². The Morgan fingerprint density at radius 2 is 1.77 bits per heavy atom. The molecular weight excluding hydrogens is 268 g/mol. The molecule has 1 saturated carbocycles. The molecule has 2 atom stereocenters. The molecule has 3 rings (SSSR count). The molecule has 1 aromatic carbocycles. The highest BCUT2D eigenvalue weighted by atomic mass is 15.2. The van der Waals surface area contributed by atoms with Gasteiger partial charge in [-0.05, 0) is 56.7 Å². The number of hydrogen-bond acceptors (Lipinski definition) is 2. The Labute approximate surface area is 136 Å². The maximum absolute atomic E-state index is 3.89. The number of nitrogens with one attached hydrogen (secondary N) is 1. The van der Waals surface area contributed by atoms with Crippen LogP contribution >= 0.6 is 0 Å². The molecule has 1 aliphatic heterocycles. The van der Waals surface area contributed by atoms with Crippen molar-refractivity contribution < 1.29 is 0 Å². The van der Waals surface area contributed by atoms with Gasteiger partial charge in [0.25, 0.3) is 0 Å². The van der Waals surface area contributed by atoms with E-state index >= 15 is 0 Å². The van der Waals surface area contributed by atoms with Gasteiger partial charge in [0.15, 0.2) is 0 Å². The number of rotatable bonds is 4. The third-order valence-corrected chi connectivity index (χ3v) is 5.48. The number of aryl methyl sites for hydroxylation is 1. The van der Waals surface area contributed by atoms with Crippen LogP contribution in [0, 0.1) is 18.8 Å². The van der Waals surface area contributed by atoms with Gasteiger partial charge < -0.3 is 10.2 Å². The number of piperidine rings is 1. The van der Waals surface area contributed by atoms with Crippen molar-refractivity contribution >= 4 is 5.69 Å². The van der Waals surface area contributed by atoms with Crippen molar-refractivity contribution in [3.8, 4) is 0 Å². The Balaban J connectivity index is 1.54. The smallest absolute Gasteiger partial charge is 0.0367 e. The molecule has 1 aliphatic carbocycles. The third-order valence-electron chi connectivity index (χ3n) is 5.48. The lowest BCUT2D eigenvalue weighted by molar-refractivity contribution is 0.295. The van der Waals surface area contributed by atoms with Crippen LogP contribution < -0.4 is 10.2 Å². The summed E-state index contributed by atoms with van der Waals surface area (Å²) in [5.41, 5.74) is 2.74. The van der Waals surface area contributed by atoms with Gasteiger partial charge in [-0.15, -0.1) is 0 Å². The van der Waals surface area contributed by atoms with Crippen molar-refractivity contribution in [2.45, 2.75) is 58.4 Å². The summed E-state index contributed by atoms with van der Waals surface area (Å²) < 4.78 is 0. The van der Waals surface area contributed by atoms with Crippen molar-refractivity contribution in [1.29, 1.82) is 0 Å². The normalized spacial score (nSPS) is 27.1. The van der Waals surface area contributed by atoms with Crippen LogP contribution in [-0.4, -0.2) is 25.7 Å². The highest BCUT2D eigenvalue weighted by Crippen LogP contribution is 2.25. The second-order valence-corrected chi connectivity index (χ2v) is 7.69. The molecule has 0 bridgehead atoms. The van der Waals surface area contributed by atoms with Crippen molar-refractivity contribution in [1.82, 2.24) is 5.32 Å². The summed E-state index contributed by atoms with van der Waals surface area (Å²) in [5, 5.41) is 3.89. The maximum Gasteiger partial charge on any atom is 0.0367 e. The van der Waals surface area contributed by atoms with Crippen LogP contribution in [0.4, 0.5) is 5.69 Å². The number of anilines is 1. The Kier molecular flexibility index (Phi) is 5.41. The van der Waals surface area contributed by atoms with Crippen LogP contribution in [-0.2, 0) is 0 Å². The van der Waals surface area contributed by atoms with E-state index < -0.39 is 0 Å². The van der Waals surface area contributed by atoms with Gasteiger partial charge in [-0.1, -0.05) is 43.9 Å². The van der Waals surface area contributed by atoms with Gasteiger partial charge in [0.1, 0.15) is 0 Å². The summed E-state index contributed by atoms with van der Waals surface area (Å²) in [6.07, 6.45) is 8.56. The van der Waals surface area contributed by atoms with Gasteiger partial charge in [0.05, 0.1) is 0 Å². The van der Waals surface area contributed by atoms with E-state index in [2.05, 4.69) is 48.3 Å². The molecule has 1 saturated heterocycles. The fourth-order valence-electron chi connectivity index (χ4n) is 4.19. The molecule has 22 heavy (non-hydrogen) atoms. The summed E-state index contributed by atoms with van der Waals surface area (Å²) in [4.78, 5) is 2.58. The number of nitrogens with zero attached hydrogens (tertiary/aromatic N) is 1. The van der Waals surface area contributed by atoms with E-state index in [1.807, 2.05) is 0 Å². The van der Waals surface area contributed by atoms with Crippen LogP contribution in [0.2, 0.25) is 0 Å². The van der Waals surface area contributed by atoms with Gasteiger partial charge in [0, 0.05) is 24.8 Å². The Morgan fingerprint density at radius 3 is 2.50 bits per heavy atom. The molecule has 2 aliphatic rings. The van der Waals surface area contributed by atoms with E-state index in [9.17, 15) is 0 Å². The van der Waals surface area contributed by atoms with Crippen LogP contribution in [0.3, 0.4) is 0 Å². The summed E-state index contributed by atoms with van der Waals surface area (Å²) in [6.45, 7) is 8.16. The van der Waals surface area contributed by atoms with Crippen molar-refractivity contribution in [3.05, 3.63) is 29.8 Å². The predicted octanol–water partition coefficient (Wildman–Crippen LogP) is 4.38. The second kappa shape index (κ2) is 7.50. The average molecular weight is 300 g/mol. The van der Waals surface area contributed by atoms with E-state index in [-0.39, 0.29) is 0 Å². The van der Waals surface area contributed by atoms with Gasteiger partial charge in [-0.25, -0.2) is 0 Å². The first-order valence-electron chi connectivity index (χ1n) is 9.25. The molecule has 0 radical (unpaired) electrons. The minimum absolute atomic E-state index is 0.659. The predicted molar refractivity (Wildman–Crippen MR) is 95.5 cm³/mol. The molecule has 0 spiro atoms. The Morgan fingerprint density at radius 1 is 1.05 bits per heavy atom. The Hall–Kier alpha value is -1.02. The van der Waals surface area contributed by atoms with Crippen LogP contribution in [0.15, 0.2) is 24.3 Å². The Bertz CT molecular complexity index is 447. The van der Waals surface area contributed by atoms with Crippen LogP contribution in [0.25, 0.3) is 0 Å². The topological polar surface area (TPSA) is 15.3 Å². The maximum atomic E-state index is 3.89. The van der Waals surface area contributed by atoms with Crippen LogP contribution in [0.1, 0.15) is 51.0 Å². The average Bonchev–Trinajstić information content (AvgIpc) is 2.54. The molecule has 1 aromatic rings. The number of benzene rings is 1. The third kappa shape index (κ3) is 4.25. The zero-order valence-corrected chi connectivity index (χ0v) is 14.4. The minimum atomic E-state index is 0.659. The molecule has 2 unspecified atom stereocenters. The number of hydrogen-bond donors (Lipinski definition) is 1. The lowest BCUT2D eigenvalue weighted by Gasteiger charge is -2.39. The molecule has 1 heterocycles. The molecule has 0 aromatic heterocycles. The monoisotopic (exact) mass is 300 g/mol. The highest BCUT2D eigenvalue weighted by molar-refractivity contribution is 5.48. The first kappa shape index (κ1) is 15.9. The van der Waals surface area contributed by atoms with Gasteiger partial charge >= 0.3 is 0 Å². The zero-order valence-electron chi connectivity index (χ0n) is 14.4. The summed E-state index contributed by atoms with van der Waals surface area (Å²) in [5.74, 6) is 1.71. The van der Waals surface area contributed by atoms with Gasteiger partial charge in [0.2, 0.25) is 0 Å². The summed E-state index contributed by atoms with van der Waals surface area (Å²) in [7, 11) is 0. The van der Waals surface area contributed by atoms with E-state index in [1.165, 1.54) is 69.4 Å². The van der Waals surface area contributed by atoms with E-state index in [1.54, 1.807) is 0 Å². The molecule has 2 nitrogen and oxygen atoms in total. The molecule has 122 valence electrons. The first-order chi connectivity index (χ1) is 10.7. The second-order valence-electron chi connectivity index (χ2n) is 7.69. The van der Waals surface area contributed by atoms with Gasteiger partial charge in [-0.2, -0.15) is 0 Å². The first-order valence-corrected chi connectivity index (χ1v) is 9.25. The van der Waals surface area contributed by atoms with E-state index in [0.29, 0.717) is 6.04 Å². The minimum Gasteiger partial charge on any atom is -0.370 e. The lowest BCUT2D eigenvalue weighted by atomic mass is 9.88. The molecule has 2 fully saturated rings. The molecule has 1 N–H and O–H groups in total. The van der Waals surface area contributed by atoms with Crippen LogP contribution in [0.5, 0.6) is 0 Å². The fourth-order valence-corrected chi connectivity index (χ4v) is 4.19. The summed E-state index contributed by atoms with van der Waals surface area (Å²) in [6, 6.07) is 9.70. The van der Waals surface area contributed by atoms with Crippen molar-refractivity contribution in [3.63, 3.8) is 0 Å². The SMILES string of the molecule is Cc1ccc(N2CC(C)CC(NCC3CCCCC3)C2)cc1.